The lowest BCUT2D eigenvalue weighted by atomic mass is 10.2. The van der Waals surface area contributed by atoms with Gasteiger partial charge in [0.25, 0.3) is 0 Å². The molecule has 1 heterocycles. The SMILES string of the molecule is COc1ccc(NCc2cccc(O)c2O)cn1. The maximum Gasteiger partial charge on any atom is 0.213 e. The fourth-order valence-corrected chi connectivity index (χ4v) is 1.52. The molecule has 5 heteroatoms. The molecule has 0 amide bonds. The number of benzene rings is 1. The Labute approximate surface area is 105 Å². The van der Waals surface area contributed by atoms with Crippen LogP contribution in [0.1, 0.15) is 5.56 Å². The predicted octanol–water partition coefficient (Wildman–Crippen LogP) is 2.11. The average Bonchev–Trinajstić information content (AvgIpc) is 2.41. The van der Waals surface area contributed by atoms with Gasteiger partial charge in [0.15, 0.2) is 11.5 Å². The normalized spacial score (nSPS) is 10.1. The van der Waals surface area contributed by atoms with Crippen LogP contribution in [0, 0.1) is 0 Å². The van der Waals surface area contributed by atoms with E-state index in [1.807, 2.05) is 6.07 Å². The van der Waals surface area contributed by atoms with Crippen LogP contribution in [0.4, 0.5) is 5.69 Å². The van der Waals surface area contributed by atoms with Crippen LogP contribution >= 0.6 is 0 Å². The number of hydrogen-bond donors (Lipinski definition) is 3. The van der Waals surface area contributed by atoms with Crippen LogP contribution < -0.4 is 10.1 Å². The topological polar surface area (TPSA) is 74.6 Å². The molecule has 0 unspecified atom stereocenters. The van der Waals surface area contributed by atoms with E-state index in [0.29, 0.717) is 18.0 Å². The van der Waals surface area contributed by atoms with Crippen molar-refractivity contribution in [3.05, 3.63) is 42.1 Å². The van der Waals surface area contributed by atoms with Crippen molar-refractivity contribution in [1.29, 1.82) is 0 Å². The molecule has 0 radical (unpaired) electrons. The van der Waals surface area contributed by atoms with E-state index < -0.39 is 0 Å². The Hall–Kier alpha value is -2.43. The number of nitrogens with zero attached hydrogens (tertiary/aromatic N) is 1. The molecule has 0 aliphatic rings. The van der Waals surface area contributed by atoms with Gasteiger partial charge in [-0.05, 0) is 12.1 Å². The molecule has 1 aromatic heterocycles. The van der Waals surface area contributed by atoms with Crippen molar-refractivity contribution in [3.8, 4) is 17.4 Å². The summed E-state index contributed by atoms with van der Waals surface area (Å²) in [5.74, 6) is 0.314. The first-order valence-electron chi connectivity index (χ1n) is 5.44. The molecule has 2 aromatic rings. The highest BCUT2D eigenvalue weighted by atomic mass is 16.5. The van der Waals surface area contributed by atoms with Crippen molar-refractivity contribution in [2.24, 2.45) is 0 Å². The van der Waals surface area contributed by atoms with E-state index in [9.17, 15) is 10.2 Å². The lowest BCUT2D eigenvalue weighted by molar-refractivity contribution is 0.398. The molecule has 0 saturated heterocycles. The second kappa shape index (κ2) is 5.27. The van der Waals surface area contributed by atoms with Crippen LogP contribution in [0.3, 0.4) is 0 Å². The highest BCUT2D eigenvalue weighted by Crippen LogP contribution is 2.28. The van der Waals surface area contributed by atoms with Crippen LogP contribution in [0.15, 0.2) is 36.5 Å². The van der Waals surface area contributed by atoms with E-state index in [0.717, 1.165) is 5.69 Å². The van der Waals surface area contributed by atoms with Gasteiger partial charge in [-0.15, -0.1) is 0 Å². The summed E-state index contributed by atoms with van der Waals surface area (Å²) in [6.07, 6.45) is 1.64. The van der Waals surface area contributed by atoms with Crippen molar-refractivity contribution in [1.82, 2.24) is 4.98 Å². The van der Waals surface area contributed by atoms with E-state index in [-0.39, 0.29) is 11.5 Å². The number of nitrogens with one attached hydrogen (secondary N) is 1. The van der Waals surface area contributed by atoms with Gasteiger partial charge in [-0.3, -0.25) is 0 Å². The summed E-state index contributed by atoms with van der Waals surface area (Å²) < 4.78 is 4.95. The lowest BCUT2D eigenvalue weighted by Crippen LogP contribution is -2.00. The number of pyridine rings is 1. The Morgan fingerprint density at radius 1 is 1.22 bits per heavy atom. The minimum Gasteiger partial charge on any atom is -0.504 e. The smallest absolute Gasteiger partial charge is 0.213 e. The van der Waals surface area contributed by atoms with Gasteiger partial charge in [-0.1, -0.05) is 12.1 Å². The molecule has 2 rings (SSSR count). The standard InChI is InChI=1S/C13H14N2O3/c1-18-12-6-5-10(8-15-12)14-7-9-3-2-4-11(16)13(9)17/h2-6,8,14,16-17H,7H2,1H3. The van der Waals surface area contributed by atoms with Gasteiger partial charge in [0.1, 0.15) is 0 Å². The monoisotopic (exact) mass is 246 g/mol. The first-order valence-corrected chi connectivity index (χ1v) is 5.44. The Bertz CT molecular complexity index is 526. The molecule has 0 saturated carbocycles. The van der Waals surface area contributed by atoms with E-state index in [1.165, 1.54) is 6.07 Å². The van der Waals surface area contributed by atoms with Gasteiger partial charge < -0.3 is 20.3 Å². The summed E-state index contributed by atoms with van der Waals surface area (Å²) >= 11 is 0. The molecule has 0 spiro atoms. The zero-order valence-electron chi connectivity index (χ0n) is 9.92. The van der Waals surface area contributed by atoms with Crippen molar-refractivity contribution >= 4 is 5.69 Å². The Morgan fingerprint density at radius 3 is 2.72 bits per heavy atom. The summed E-state index contributed by atoms with van der Waals surface area (Å²) in [7, 11) is 1.56. The van der Waals surface area contributed by atoms with Crippen LogP contribution in [0.2, 0.25) is 0 Å². The number of phenolic OH excluding ortho intramolecular Hbond substituents is 2. The molecule has 1 aromatic carbocycles. The molecule has 5 nitrogen and oxygen atoms in total. The third-order valence-electron chi connectivity index (χ3n) is 2.53. The number of ether oxygens (including phenoxy) is 1. The van der Waals surface area contributed by atoms with Crippen molar-refractivity contribution in [3.63, 3.8) is 0 Å². The number of phenols is 2. The largest absolute Gasteiger partial charge is 0.504 e. The molecule has 18 heavy (non-hydrogen) atoms. The van der Waals surface area contributed by atoms with Crippen LogP contribution in [0.5, 0.6) is 17.4 Å². The number of methoxy groups -OCH3 is 1. The molecule has 3 N–H and O–H groups in total. The maximum absolute atomic E-state index is 9.63. The highest BCUT2D eigenvalue weighted by Gasteiger charge is 2.05. The summed E-state index contributed by atoms with van der Waals surface area (Å²) in [6, 6.07) is 8.42. The Kier molecular flexibility index (Phi) is 3.52. The maximum atomic E-state index is 9.63. The zero-order valence-corrected chi connectivity index (χ0v) is 9.92. The third kappa shape index (κ3) is 2.63. The summed E-state index contributed by atoms with van der Waals surface area (Å²) in [4.78, 5) is 4.05. The molecule has 94 valence electrons. The van der Waals surface area contributed by atoms with E-state index in [2.05, 4.69) is 10.3 Å². The van der Waals surface area contributed by atoms with Crippen LogP contribution in [-0.2, 0) is 6.54 Å². The van der Waals surface area contributed by atoms with Crippen molar-refractivity contribution in [2.75, 3.05) is 12.4 Å². The first kappa shape index (κ1) is 12.0. The lowest BCUT2D eigenvalue weighted by Gasteiger charge is -2.09. The Morgan fingerprint density at radius 2 is 2.06 bits per heavy atom. The minimum absolute atomic E-state index is 0.105. The van der Waals surface area contributed by atoms with Gasteiger partial charge in [0.2, 0.25) is 5.88 Å². The van der Waals surface area contributed by atoms with E-state index in [1.54, 1.807) is 31.5 Å². The molecule has 0 aliphatic carbocycles. The summed E-state index contributed by atoms with van der Waals surface area (Å²) in [5.41, 5.74) is 1.42. The summed E-state index contributed by atoms with van der Waals surface area (Å²) in [5, 5.41) is 22.1. The van der Waals surface area contributed by atoms with Gasteiger partial charge in [0, 0.05) is 18.2 Å². The quantitative estimate of drug-likeness (QED) is 0.720. The fourth-order valence-electron chi connectivity index (χ4n) is 1.52. The van der Waals surface area contributed by atoms with Crippen molar-refractivity contribution < 1.29 is 14.9 Å². The number of anilines is 1. The number of para-hydroxylation sites is 1. The Balaban J connectivity index is 2.04. The molecule has 0 atom stereocenters. The van der Waals surface area contributed by atoms with Gasteiger partial charge in [-0.25, -0.2) is 4.98 Å². The first-order chi connectivity index (χ1) is 8.70. The number of aromatic hydroxyl groups is 2. The number of aromatic nitrogens is 1. The van der Waals surface area contributed by atoms with Gasteiger partial charge in [0.05, 0.1) is 19.0 Å². The number of hydrogen-bond acceptors (Lipinski definition) is 5. The van der Waals surface area contributed by atoms with Crippen LogP contribution in [0.25, 0.3) is 0 Å². The summed E-state index contributed by atoms with van der Waals surface area (Å²) in [6.45, 7) is 0.397. The highest BCUT2D eigenvalue weighted by molar-refractivity contribution is 5.48. The predicted molar refractivity (Wildman–Crippen MR) is 67.9 cm³/mol. The van der Waals surface area contributed by atoms with Crippen molar-refractivity contribution in [2.45, 2.75) is 6.54 Å². The van der Waals surface area contributed by atoms with Gasteiger partial charge >= 0.3 is 0 Å². The molecule has 0 fully saturated rings. The molecular weight excluding hydrogens is 232 g/mol. The second-order valence-electron chi connectivity index (χ2n) is 3.73. The minimum atomic E-state index is -0.123. The van der Waals surface area contributed by atoms with Crippen LogP contribution in [-0.4, -0.2) is 22.3 Å². The zero-order chi connectivity index (χ0) is 13.0. The van der Waals surface area contributed by atoms with E-state index in [4.69, 9.17) is 4.74 Å². The molecule has 0 bridgehead atoms. The molecule has 0 aliphatic heterocycles. The van der Waals surface area contributed by atoms with E-state index >= 15 is 0 Å². The third-order valence-corrected chi connectivity index (χ3v) is 2.53. The average molecular weight is 246 g/mol. The second-order valence-corrected chi connectivity index (χ2v) is 3.73. The van der Waals surface area contributed by atoms with Gasteiger partial charge in [-0.2, -0.15) is 0 Å². The molecular formula is C13H14N2O3. The number of rotatable bonds is 4. The fraction of sp³-hybridized carbons (Fsp3) is 0.154.